The number of hydrogen-bond acceptors (Lipinski definition) is 5. The monoisotopic (exact) mass is 355 g/mol. The number of carbonyl (C=O) groups excluding carboxylic acids is 2. The van der Waals surface area contributed by atoms with Crippen LogP contribution in [0.25, 0.3) is 0 Å². The molecular weight excluding hydrogens is 334 g/mol. The third-order valence-electron chi connectivity index (χ3n) is 3.77. The first kappa shape index (κ1) is 17.9. The summed E-state index contributed by atoms with van der Waals surface area (Å²) in [4.78, 5) is 24.1. The summed E-state index contributed by atoms with van der Waals surface area (Å²) in [5.74, 6) is 0.0803. The van der Waals surface area contributed by atoms with Gasteiger partial charge in [0.2, 0.25) is 5.91 Å². The van der Waals surface area contributed by atoms with E-state index in [2.05, 4.69) is 16.0 Å². The van der Waals surface area contributed by atoms with Crippen LogP contribution in [0.1, 0.15) is 0 Å². The molecule has 0 aliphatic carbocycles. The van der Waals surface area contributed by atoms with Gasteiger partial charge in [0.1, 0.15) is 11.8 Å². The first-order valence-corrected chi connectivity index (χ1v) is 8.40. The van der Waals surface area contributed by atoms with Crippen molar-refractivity contribution >= 4 is 23.2 Å². The molecule has 7 heteroatoms. The molecule has 1 heterocycles. The summed E-state index contributed by atoms with van der Waals surface area (Å²) in [6.45, 7) is 1.49. The molecule has 2 aromatic rings. The van der Waals surface area contributed by atoms with E-state index in [0.29, 0.717) is 36.9 Å². The second-order valence-corrected chi connectivity index (χ2v) is 5.80. The minimum atomic E-state index is -0.370. The predicted octanol–water partition coefficient (Wildman–Crippen LogP) is 1.63. The minimum absolute atomic E-state index is 0.121. The molecule has 3 rings (SSSR count). The number of benzene rings is 2. The number of carbonyl (C=O) groups is 2. The molecule has 0 bridgehead atoms. The van der Waals surface area contributed by atoms with Crippen LogP contribution in [0, 0.1) is 0 Å². The van der Waals surface area contributed by atoms with Crippen LogP contribution in [0.2, 0.25) is 0 Å². The zero-order valence-corrected chi connectivity index (χ0v) is 14.2. The molecule has 1 aliphatic heterocycles. The van der Waals surface area contributed by atoms with Crippen molar-refractivity contribution in [2.45, 2.75) is 6.04 Å². The van der Waals surface area contributed by atoms with Gasteiger partial charge in [0.05, 0.1) is 13.2 Å². The lowest BCUT2D eigenvalue weighted by Gasteiger charge is -2.22. The number of morpholine rings is 1. The fourth-order valence-electron chi connectivity index (χ4n) is 2.49. The van der Waals surface area contributed by atoms with Crippen LogP contribution in [0.4, 0.5) is 11.4 Å². The van der Waals surface area contributed by atoms with E-state index in [4.69, 9.17) is 9.47 Å². The Labute approximate surface area is 151 Å². The molecule has 0 aromatic heterocycles. The van der Waals surface area contributed by atoms with E-state index in [1.165, 1.54) is 0 Å². The zero-order chi connectivity index (χ0) is 18.2. The van der Waals surface area contributed by atoms with Crippen molar-refractivity contribution in [3.8, 4) is 5.75 Å². The van der Waals surface area contributed by atoms with E-state index in [-0.39, 0.29) is 24.5 Å². The highest BCUT2D eigenvalue weighted by Crippen LogP contribution is 2.18. The molecule has 0 radical (unpaired) electrons. The second kappa shape index (κ2) is 8.98. The molecule has 2 amide bonds. The molecule has 0 spiro atoms. The normalized spacial score (nSPS) is 16.5. The van der Waals surface area contributed by atoms with Gasteiger partial charge in [0.15, 0.2) is 6.61 Å². The fourth-order valence-corrected chi connectivity index (χ4v) is 2.49. The van der Waals surface area contributed by atoms with Gasteiger partial charge in [-0.05, 0) is 24.3 Å². The smallest absolute Gasteiger partial charge is 0.262 e. The summed E-state index contributed by atoms with van der Waals surface area (Å²) in [5.41, 5.74) is 1.31. The van der Waals surface area contributed by atoms with Gasteiger partial charge in [-0.3, -0.25) is 9.59 Å². The number of amides is 2. The Morgan fingerprint density at radius 1 is 1.08 bits per heavy atom. The van der Waals surface area contributed by atoms with Crippen molar-refractivity contribution in [1.82, 2.24) is 5.32 Å². The number of rotatable bonds is 6. The van der Waals surface area contributed by atoms with Gasteiger partial charge in [-0.1, -0.05) is 24.3 Å². The van der Waals surface area contributed by atoms with Crippen molar-refractivity contribution in [2.75, 3.05) is 37.0 Å². The largest absolute Gasteiger partial charge is 0.484 e. The average molecular weight is 355 g/mol. The van der Waals surface area contributed by atoms with E-state index < -0.39 is 0 Å². The van der Waals surface area contributed by atoms with Crippen molar-refractivity contribution in [3.05, 3.63) is 54.6 Å². The van der Waals surface area contributed by atoms with Crippen LogP contribution >= 0.6 is 0 Å². The molecule has 0 saturated carbocycles. The van der Waals surface area contributed by atoms with Crippen LogP contribution in [0.15, 0.2) is 54.6 Å². The van der Waals surface area contributed by atoms with E-state index in [9.17, 15) is 9.59 Å². The SMILES string of the molecule is O=C(COc1cccc(NC(=O)C2COCCN2)c1)Nc1ccccc1. The number of anilines is 2. The van der Waals surface area contributed by atoms with E-state index >= 15 is 0 Å². The standard InChI is InChI=1S/C19H21N3O4/c23-18(21-14-5-2-1-3-6-14)13-26-16-8-4-7-15(11-16)22-19(24)17-12-25-10-9-20-17/h1-8,11,17,20H,9-10,12-13H2,(H,21,23)(H,22,24). The van der Waals surface area contributed by atoms with Gasteiger partial charge in [0, 0.05) is 24.0 Å². The Bertz CT molecular complexity index is 745. The van der Waals surface area contributed by atoms with Gasteiger partial charge in [-0.25, -0.2) is 0 Å². The van der Waals surface area contributed by atoms with Gasteiger partial charge in [-0.2, -0.15) is 0 Å². The van der Waals surface area contributed by atoms with Gasteiger partial charge < -0.3 is 25.4 Å². The summed E-state index contributed by atoms with van der Waals surface area (Å²) in [7, 11) is 0. The van der Waals surface area contributed by atoms with Crippen LogP contribution in [-0.2, 0) is 14.3 Å². The van der Waals surface area contributed by atoms with Crippen LogP contribution in [-0.4, -0.2) is 44.2 Å². The molecular formula is C19H21N3O4. The van der Waals surface area contributed by atoms with Crippen LogP contribution in [0.5, 0.6) is 5.75 Å². The highest BCUT2D eigenvalue weighted by atomic mass is 16.5. The Kier molecular flexibility index (Phi) is 6.19. The third-order valence-corrected chi connectivity index (χ3v) is 3.77. The average Bonchev–Trinajstić information content (AvgIpc) is 2.68. The number of ether oxygens (including phenoxy) is 2. The molecule has 26 heavy (non-hydrogen) atoms. The summed E-state index contributed by atoms with van der Waals surface area (Å²) in [6.07, 6.45) is 0. The third kappa shape index (κ3) is 5.30. The highest BCUT2D eigenvalue weighted by molar-refractivity contribution is 5.95. The Morgan fingerprint density at radius 2 is 1.88 bits per heavy atom. The maximum atomic E-state index is 12.2. The molecule has 1 fully saturated rings. The van der Waals surface area contributed by atoms with Crippen molar-refractivity contribution in [2.24, 2.45) is 0 Å². The summed E-state index contributed by atoms with van der Waals surface area (Å²) >= 11 is 0. The lowest BCUT2D eigenvalue weighted by Crippen LogP contribution is -2.48. The number of para-hydroxylation sites is 1. The fraction of sp³-hybridized carbons (Fsp3) is 0.263. The lowest BCUT2D eigenvalue weighted by atomic mass is 10.2. The van der Waals surface area contributed by atoms with Crippen molar-refractivity contribution < 1.29 is 19.1 Å². The first-order chi connectivity index (χ1) is 12.7. The van der Waals surface area contributed by atoms with Gasteiger partial charge in [-0.15, -0.1) is 0 Å². The minimum Gasteiger partial charge on any atom is -0.484 e. The molecule has 3 N–H and O–H groups in total. The molecule has 136 valence electrons. The van der Waals surface area contributed by atoms with Crippen molar-refractivity contribution in [1.29, 1.82) is 0 Å². The van der Waals surface area contributed by atoms with Gasteiger partial charge >= 0.3 is 0 Å². The topological polar surface area (TPSA) is 88.7 Å². The highest BCUT2D eigenvalue weighted by Gasteiger charge is 2.21. The van der Waals surface area contributed by atoms with E-state index in [1.54, 1.807) is 36.4 Å². The Hall–Kier alpha value is -2.90. The van der Waals surface area contributed by atoms with Crippen LogP contribution in [0.3, 0.4) is 0 Å². The van der Waals surface area contributed by atoms with Crippen LogP contribution < -0.4 is 20.7 Å². The van der Waals surface area contributed by atoms with E-state index in [1.807, 2.05) is 18.2 Å². The quantitative estimate of drug-likeness (QED) is 0.733. The lowest BCUT2D eigenvalue weighted by molar-refractivity contribution is -0.121. The Balaban J connectivity index is 1.50. The van der Waals surface area contributed by atoms with E-state index in [0.717, 1.165) is 0 Å². The number of hydrogen-bond donors (Lipinski definition) is 3. The molecule has 7 nitrogen and oxygen atoms in total. The molecule has 1 saturated heterocycles. The molecule has 1 aliphatic rings. The van der Waals surface area contributed by atoms with Crippen molar-refractivity contribution in [3.63, 3.8) is 0 Å². The molecule has 1 unspecified atom stereocenters. The summed E-state index contributed by atoms with van der Waals surface area (Å²) in [6, 6.07) is 15.7. The predicted molar refractivity (Wildman–Crippen MR) is 98.2 cm³/mol. The summed E-state index contributed by atoms with van der Waals surface area (Å²) < 4.78 is 10.8. The maximum absolute atomic E-state index is 12.2. The first-order valence-electron chi connectivity index (χ1n) is 8.40. The summed E-state index contributed by atoms with van der Waals surface area (Å²) in [5, 5.41) is 8.66. The molecule has 2 aromatic carbocycles. The zero-order valence-electron chi connectivity index (χ0n) is 14.2. The Morgan fingerprint density at radius 3 is 2.65 bits per heavy atom. The van der Waals surface area contributed by atoms with Gasteiger partial charge in [0.25, 0.3) is 5.91 Å². The molecule has 1 atom stereocenters. The number of nitrogens with one attached hydrogen (secondary N) is 3. The second-order valence-electron chi connectivity index (χ2n) is 5.80. The maximum Gasteiger partial charge on any atom is 0.262 e.